The normalized spacial score (nSPS) is 24.9. The Labute approximate surface area is 88.4 Å². The molecule has 0 spiro atoms. The van der Waals surface area contributed by atoms with Crippen molar-refractivity contribution in [3.63, 3.8) is 0 Å². The third-order valence-corrected chi connectivity index (χ3v) is 2.76. The van der Waals surface area contributed by atoms with E-state index in [1.165, 1.54) is 0 Å². The summed E-state index contributed by atoms with van der Waals surface area (Å²) in [6.07, 6.45) is 2.12. The van der Waals surface area contributed by atoms with Crippen LogP contribution in [0.3, 0.4) is 0 Å². The monoisotopic (exact) mass is 203 g/mol. The molecule has 1 aromatic carbocycles. The van der Waals surface area contributed by atoms with Crippen LogP contribution in [0.15, 0.2) is 36.9 Å². The Kier molecular flexibility index (Phi) is 2.46. The van der Waals surface area contributed by atoms with Gasteiger partial charge in [0.2, 0.25) is 5.91 Å². The van der Waals surface area contributed by atoms with E-state index in [0.29, 0.717) is 6.42 Å². The third kappa shape index (κ3) is 1.73. The largest absolute Gasteiger partial charge is 0.508 e. The second kappa shape index (κ2) is 3.77. The number of rotatable bonds is 2. The molecule has 15 heavy (non-hydrogen) atoms. The lowest BCUT2D eigenvalue weighted by Crippen LogP contribution is -2.25. The van der Waals surface area contributed by atoms with Crippen LogP contribution < -0.4 is 5.32 Å². The van der Waals surface area contributed by atoms with E-state index in [-0.39, 0.29) is 23.6 Å². The lowest BCUT2D eigenvalue weighted by Gasteiger charge is -2.16. The Morgan fingerprint density at radius 2 is 2.20 bits per heavy atom. The van der Waals surface area contributed by atoms with Crippen molar-refractivity contribution in [1.82, 2.24) is 5.32 Å². The van der Waals surface area contributed by atoms with Crippen molar-refractivity contribution in [3.8, 4) is 5.75 Å². The van der Waals surface area contributed by atoms with Crippen LogP contribution in [0.2, 0.25) is 0 Å². The second-order valence-electron chi connectivity index (χ2n) is 3.70. The molecule has 3 heteroatoms. The molecule has 2 rings (SSSR count). The molecular formula is C12H13NO2. The van der Waals surface area contributed by atoms with E-state index in [1.54, 1.807) is 18.2 Å². The Morgan fingerprint density at radius 1 is 1.47 bits per heavy atom. The van der Waals surface area contributed by atoms with E-state index >= 15 is 0 Å². The molecule has 1 fully saturated rings. The van der Waals surface area contributed by atoms with Crippen LogP contribution in [-0.2, 0) is 4.79 Å². The SMILES string of the molecule is C=CC1NC(=O)CC1c1ccccc1O. The van der Waals surface area contributed by atoms with Crippen LogP contribution in [0.1, 0.15) is 17.9 Å². The Morgan fingerprint density at radius 3 is 2.87 bits per heavy atom. The smallest absolute Gasteiger partial charge is 0.221 e. The van der Waals surface area contributed by atoms with E-state index < -0.39 is 0 Å². The van der Waals surface area contributed by atoms with E-state index in [0.717, 1.165) is 5.56 Å². The number of phenolic OH excluding ortho intramolecular Hbond substituents is 1. The molecule has 1 aromatic rings. The summed E-state index contributed by atoms with van der Waals surface area (Å²) in [4.78, 5) is 11.3. The molecule has 2 atom stereocenters. The number of phenols is 1. The zero-order valence-corrected chi connectivity index (χ0v) is 8.31. The maximum absolute atomic E-state index is 11.3. The number of nitrogens with one attached hydrogen (secondary N) is 1. The minimum absolute atomic E-state index is 0.00352. The minimum Gasteiger partial charge on any atom is -0.508 e. The van der Waals surface area contributed by atoms with Crippen molar-refractivity contribution in [3.05, 3.63) is 42.5 Å². The average Bonchev–Trinajstić information content (AvgIpc) is 2.60. The van der Waals surface area contributed by atoms with Crippen LogP contribution in [0.5, 0.6) is 5.75 Å². The van der Waals surface area contributed by atoms with Gasteiger partial charge in [0.15, 0.2) is 0 Å². The van der Waals surface area contributed by atoms with Crippen LogP contribution in [0.25, 0.3) is 0 Å². The molecule has 3 nitrogen and oxygen atoms in total. The summed E-state index contributed by atoms with van der Waals surface area (Å²) in [6, 6.07) is 7.03. The highest BCUT2D eigenvalue weighted by Crippen LogP contribution is 2.34. The van der Waals surface area contributed by atoms with Gasteiger partial charge in [0.25, 0.3) is 0 Å². The fourth-order valence-corrected chi connectivity index (χ4v) is 2.00. The minimum atomic E-state index is -0.0780. The van der Waals surface area contributed by atoms with Crippen LogP contribution in [-0.4, -0.2) is 17.1 Å². The fraction of sp³-hybridized carbons (Fsp3) is 0.250. The summed E-state index contributed by atoms with van der Waals surface area (Å²) >= 11 is 0. The maximum atomic E-state index is 11.3. The first-order valence-electron chi connectivity index (χ1n) is 4.92. The molecule has 1 saturated heterocycles. The molecule has 1 amide bonds. The number of aromatic hydroxyl groups is 1. The van der Waals surface area contributed by atoms with Crippen molar-refractivity contribution in [2.75, 3.05) is 0 Å². The quantitative estimate of drug-likeness (QED) is 0.716. The maximum Gasteiger partial charge on any atom is 0.221 e. The summed E-state index contributed by atoms with van der Waals surface area (Å²) < 4.78 is 0. The molecule has 1 aliphatic heterocycles. The molecule has 78 valence electrons. The highest BCUT2D eigenvalue weighted by atomic mass is 16.3. The first kappa shape index (κ1) is 9.77. The predicted octanol–water partition coefficient (Wildman–Crippen LogP) is 1.55. The number of carbonyl (C=O) groups is 1. The molecular weight excluding hydrogens is 190 g/mol. The van der Waals surface area contributed by atoms with Crippen LogP contribution in [0, 0.1) is 0 Å². The Bertz CT molecular complexity index is 400. The molecule has 0 aromatic heterocycles. The third-order valence-electron chi connectivity index (χ3n) is 2.76. The summed E-state index contributed by atoms with van der Waals surface area (Å²) in [5, 5.41) is 12.5. The van der Waals surface area contributed by atoms with Gasteiger partial charge in [0.1, 0.15) is 5.75 Å². The molecule has 2 unspecified atom stereocenters. The Balaban J connectivity index is 2.34. The van der Waals surface area contributed by atoms with Crippen molar-refractivity contribution in [1.29, 1.82) is 0 Å². The number of benzene rings is 1. The molecule has 1 aliphatic rings. The van der Waals surface area contributed by atoms with Crippen LogP contribution in [0.4, 0.5) is 0 Å². The van der Waals surface area contributed by atoms with Crippen molar-refractivity contribution < 1.29 is 9.90 Å². The summed E-state index contributed by atoms with van der Waals surface area (Å²) in [7, 11) is 0. The Hall–Kier alpha value is -1.77. The van der Waals surface area contributed by atoms with Gasteiger partial charge >= 0.3 is 0 Å². The van der Waals surface area contributed by atoms with Crippen molar-refractivity contribution in [2.45, 2.75) is 18.4 Å². The topological polar surface area (TPSA) is 49.3 Å². The number of carbonyl (C=O) groups excluding carboxylic acids is 1. The zero-order chi connectivity index (χ0) is 10.8. The predicted molar refractivity (Wildman–Crippen MR) is 57.6 cm³/mol. The lowest BCUT2D eigenvalue weighted by molar-refractivity contribution is -0.119. The van der Waals surface area contributed by atoms with E-state index in [1.807, 2.05) is 12.1 Å². The van der Waals surface area contributed by atoms with Gasteiger partial charge in [-0.15, -0.1) is 6.58 Å². The van der Waals surface area contributed by atoms with E-state index in [4.69, 9.17) is 0 Å². The van der Waals surface area contributed by atoms with Gasteiger partial charge in [-0.05, 0) is 11.6 Å². The second-order valence-corrected chi connectivity index (χ2v) is 3.70. The van der Waals surface area contributed by atoms with Gasteiger partial charge in [-0.2, -0.15) is 0 Å². The first-order valence-corrected chi connectivity index (χ1v) is 4.92. The summed E-state index contributed by atoms with van der Waals surface area (Å²) in [5.74, 6) is 0.246. The summed E-state index contributed by atoms with van der Waals surface area (Å²) in [6.45, 7) is 3.69. The lowest BCUT2D eigenvalue weighted by atomic mass is 9.91. The van der Waals surface area contributed by atoms with Gasteiger partial charge in [-0.3, -0.25) is 4.79 Å². The highest BCUT2D eigenvalue weighted by Gasteiger charge is 2.32. The zero-order valence-electron chi connectivity index (χ0n) is 8.31. The summed E-state index contributed by atoms with van der Waals surface area (Å²) in [5.41, 5.74) is 0.806. The number of hydrogen-bond donors (Lipinski definition) is 2. The molecule has 0 aliphatic carbocycles. The van der Waals surface area contributed by atoms with E-state index in [9.17, 15) is 9.90 Å². The number of para-hydroxylation sites is 1. The molecule has 0 bridgehead atoms. The fourth-order valence-electron chi connectivity index (χ4n) is 2.00. The van der Waals surface area contributed by atoms with Gasteiger partial charge in [0.05, 0.1) is 6.04 Å². The molecule has 1 heterocycles. The van der Waals surface area contributed by atoms with Gasteiger partial charge in [0, 0.05) is 12.3 Å². The standard InChI is InChI=1S/C12H13NO2/c1-2-10-9(7-12(15)13-10)8-5-3-4-6-11(8)14/h2-6,9-10,14H,1,7H2,(H,13,15). The first-order chi connectivity index (χ1) is 7.22. The van der Waals surface area contributed by atoms with Crippen molar-refractivity contribution in [2.24, 2.45) is 0 Å². The number of hydrogen-bond acceptors (Lipinski definition) is 2. The van der Waals surface area contributed by atoms with Gasteiger partial charge in [-0.1, -0.05) is 24.3 Å². The molecule has 0 radical (unpaired) electrons. The van der Waals surface area contributed by atoms with Gasteiger partial charge in [-0.25, -0.2) is 0 Å². The highest BCUT2D eigenvalue weighted by molar-refractivity contribution is 5.81. The van der Waals surface area contributed by atoms with Gasteiger partial charge < -0.3 is 10.4 Å². The molecule has 0 saturated carbocycles. The van der Waals surface area contributed by atoms with E-state index in [2.05, 4.69) is 11.9 Å². The van der Waals surface area contributed by atoms with Crippen LogP contribution >= 0.6 is 0 Å². The van der Waals surface area contributed by atoms with Crippen molar-refractivity contribution >= 4 is 5.91 Å². The number of amides is 1. The molecule has 2 N–H and O–H groups in total. The average molecular weight is 203 g/mol.